The van der Waals surface area contributed by atoms with Crippen molar-refractivity contribution in [3.05, 3.63) is 23.8 Å². The minimum Gasteiger partial charge on any atom is -0.354 e. The van der Waals surface area contributed by atoms with Crippen molar-refractivity contribution in [3.63, 3.8) is 0 Å². The second-order valence-corrected chi connectivity index (χ2v) is 7.99. The second-order valence-electron chi connectivity index (χ2n) is 7.99. The highest BCUT2D eigenvalue weighted by atomic mass is 16.2. The molecular formula is C21H31N5O3. The molecule has 0 aliphatic carbocycles. The minimum absolute atomic E-state index is 0.0641. The highest BCUT2D eigenvalue weighted by Gasteiger charge is 2.26. The number of rotatable bonds is 5. The molecular weight excluding hydrogens is 370 g/mol. The van der Waals surface area contributed by atoms with Gasteiger partial charge in [0.15, 0.2) is 0 Å². The first kappa shape index (κ1) is 21.1. The van der Waals surface area contributed by atoms with Gasteiger partial charge in [-0.1, -0.05) is 6.07 Å². The topological polar surface area (TPSA) is 103 Å². The number of likely N-dealkylation sites (tertiary alicyclic amines) is 1. The van der Waals surface area contributed by atoms with Crippen molar-refractivity contribution in [2.24, 2.45) is 5.92 Å². The van der Waals surface area contributed by atoms with E-state index in [-0.39, 0.29) is 29.8 Å². The molecule has 8 nitrogen and oxygen atoms in total. The first-order chi connectivity index (χ1) is 13.9. The number of urea groups is 1. The summed E-state index contributed by atoms with van der Waals surface area (Å²) in [7, 11) is 0. The molecule has 8 heteroatoms. The highest BCUT2D eigenvalue weighted by Crippen LogP contribution is 2.22. The Bertz CT molecular complexity index is 761. The van der Waals surface area contributed by atoms with E-state index < -0.39 is 0 Å². The zero-order valence-electron chi connectivity index (χ0n) is 17.2. The number of hydrogen-bond donors (Lipinski definition) is 4. The molecule has 4 N–H and O–H groups in total. The van der Waals surface area contributed by atoms with Crippen LogP contribution in [0.1, 0.15) is 38.2 Å². The van der Waals surface area contributed by atoms with Crippen LogP contribution in [0.5, 0.6) is 0 Å². The number of amides is 4. The number of carbonyl (C=O) groups excluding carboxylic acids is 3. The molecule has 158 valence electrons. The third kappa shape index (κ3) is 5.93. The van der Waals surface area contributed by atoms with Crippen LogP contribution >= 0.6 is 0 Å². The van der Waals surface area contributed by atoms with Crippen LogP contribution in [0.25, 0.3) is 0 Å². The van der Waals surface area contributed by atoms with Gasteiger partial charge in [-0.05, 0) is 62.8 Å². The van der Waals surface area contributed by atoms with Crippen LogP contribution < -0.4 is 21.3 Å². The summed E-state index contributed by atoms with van der Waals surface area (Å²) in [6, 6.07) is 5.24. The molecule has 0 radical (unpaired) electrons. The van der Waals surface area contributed by atoms with E-state index in [1.807, 2.05) is 19.1 Å². The van der Waals surface area contributed by atoms with Crippen LogP contribution in [0.3, 0.4) is 0 Å². The standard InChI is InChI=1S/C21H31N5O3/c1-14-7-8-17(11-19(14)24-15(2)27)25-21(29)26-10-4-5-16(13-26)12-23-20(28)18-6-3-9-22-18/h7-8,11,16,18,22H,3-6,9-10,12-13H2,1-2H3,(H,23,28)(H,24,27)(H,25,29). The van der Waals surface area contributed by atoms with Gasteiger partial charge in [-0.2, -0.15) is 0 Å². The first-order valence-corrected chi connectivity index (χ1v) is 10.4. The Balaban J connectivity index is 1.51. The molecule has 2 fully saturated rings. The summed E-state index contributed by atoms with van der Waals surface area (Å²) in [5.74, 6) is 0.173. The van der Waals surface area contributed by atoms with Gasteiger partial charge >= 0.3 is 6.03 Å². The normalized spacial score (nSPS) is 21.5. The Kier molecular flexibility index (Phi) is 7.09. The molecule has 2 saturated heterocycles. The Morgan fingerprint density at radius 1 is 1.17 bits per heavy atom. The lowest BCUT2D eigenvalue weighted by Gasteiger charge is -2.33. The van der Waals surface area contributed by atoms with Gasteiger partial charge in [-0.15, -0.1) is 0 Å². The van der Waals surface area contributed by atoms with E-state index >= 15 is 0 Å². The van der Waals surface area contributed by atoms with Gasteiger partial charge in [0.1, 0.15) is 0 Å². The van der Waals surface area contributed by atoms with Crippen molar-refractivity contribution in [2.45, 2.75) is 45.6 Å². The average Bonchev–Trinajstić information content (AvgIpc) is 3.23. The molecule has 29 heavy (non-hydrogen) atoms. The number of nitrogens with one attached hydrogen (secondary N) is 4. The maximum atomic E-state index is 12.7. The highest BCUT2D eigenvalue weighted by molar-refractivity contribution is 5.93. The molecule has 0 saturated carbocycles. The van der Waals surface area contributed by atoms with Crippen molar-refractivity contribution in [1.29, 1.82) is 0 Å². The number of benzene rings is 1. The van der Waals surface area contributed by atoms with Crippen LogP contribution in [0.2, 0.25) is 0 Å². The molecule has 1 aromatic rings. The molecule has 1 aromatic carbocycles. The fraction of sp³-hybridized carbons (Fsp3) is 0.571. The van der Waals surface area contributed by atoms with Crippen LogP contribution in [-0.4, -0.2) is 55.0 Å². The maximum Gasteiger partial charge on any atom is 0.321 e. The summed E-state index contributed by atoms with van der Waals surface area (Å²) < 4.78 is 0. The van der Waals surface area contributed by atoms with E-state index in [9.17, 15) is 14.4 Å². The third-order valence-electron chi connectivity index (χ3n) is 5.55. The minimum atomic E-state index is -0.156. The fourth-order valence-corrected chi connectivity index (χ4v) is 3.92. The SMILES string of the molecule is CC(=O)Nc1cc(NC(=O)N2CCCC(CNC(=O)C3CCCN3)C2)ccc1C. The summed E-state index contributed by atoms with van der Waals surface area (Å²) >= 11 is 0. The third-order valence-corrected chi connectivity index (χ3v) is 5.55. The van der Waals surface area contributed by atoms with E-state index in [1.54, 1.807) is 11.0 Å². The number of anilines is 2. The molecule has 3 rings (SSSR count). The molecule has 0 bridgehead atoms. The van der Waals surface area contributed by atoms with Gasteiger partial charge in [0, 0.05) is 37.9 Å². The molecule has 0 spiro atoms. The number of aryl methyl sites for hydroxylation is 1. The largest absolute Gasteiger partial charge is 0.354 e. The van der Waals surface area contributed by atoms with Gasteiger partial charge in [0.05, 0.1) is 6.04 Å². The quantitative estimate of drug-likeness (QED) is 0.606. The summed E-state index contributed by atoms with van der Waals surface area (Å²) in [6.07, 6.45) is 3.85. The molecule has 2 heterocycles. The molecule has 2 aliphatic heterocycles. The van der Waals surface area contributed by atoms with Crippen molar-refractivity contribution in [3.8, 4) is 0 Å². The molecule has 2 atom stereocenters. The smallest absolute Gasteiger partial charge is 0.321 e. The first-order valence-electron chi connectivity index (χ1n) is 10.4. The lowest BCUT2D eigenvalue weighted by molar-refractivity contribution is -0.123. The Hall–Kier alpha value is -2.61. The molecule has 0 aromatic heterocycles. The number of piperidine rings is 1. The molecule has 2 aliphatic rings. The molecule has 2 unspecified atom stereocenters. The number of nitrogens with zero attached hydrogens (tertiary/aromatic N) is 1. The van der Waals surface area contributed by atoms with Gasteiger partial charge in [-0.25, -0.2) is 4.79 Å². The van der Waals surface area contributed by atoms with Crippen molar-refractivity contribution >= 4 is 29.2 Å². The Morgan fingerprint density at radius 2 is 2.00 bits per heavy atom. The van der Waals surface area contributed by atoms with Gasteiger partial charge in [-0.3, -0.25) is 9.59 Å². The van der Waals surface area contributed by atoms with Crippen molar-refractivity contribution in [2.75, 3.05) is 36.8 Å². The van der Waals surface area contributed by atoms with E-state index in [0.29, 0.717) is 31.0 Å². The van der Waals surface area contributed by atoms with Gasteiger partial charge < -0.3 is 26.2 Å². The van der Waals surface area contributed by atoms with Crippen molar-refractivity contribution in [1.82, 2.24) is 15.5 Å². The second kappa shape index (κ2) is 9.73. The predicted molar refractivity (Wildman–Crippen MR) is 113 cm³/mol. The fourth-order valence-electron chi connectivity index (χ4n) is 3.92. The average molecular weight is 402 g/mol. The Labute approximate surface area is 171 Å². The zero-order chi connectivity index (χ0) is 20.8. The van der Waals surface area contributed by atoms with Crippen LogP contribution in [-0.2, 0) is 9.59 Å². The number of carbonyl (C=O) groups is 3. The zero-order valence-corrected chi connectivity index (χ0v) is 17.2. The lowest BCUT2D eigenvalue weighted by atomic mass is 9.98. The summed E-state index contributed by atoms with van der Waals surface area (Å²) in [6.45, 7) is 6.18. The monoisotopic (exact) mass is 401 g/mol. The van der Waals surface area contributed by atoms with Gasteiger partial charge in [0.2, 0.25) is 11.8 Å². The predicted octanol–water partition coefficient (Wildman–Crippen LogP) is 2.07. The van der Waals surface area contributed by atoms with E-state index in [0.717, 1.165) is 37.8 Å². The maximum absolute atomic E-state index is 12.7. The van der Waals surface area contributed by atoms with Crippen LogP contribution in [0.15, 0.2) is 18.2 Å². The van der Waals surface area contributed by atoms with Crippen LogP contribution in [0, 0.1) is 12.8 Å². The van der Waals surface area contributed by atoms with Crippen molar-refractivity contribution < 1.29 is 14.4 Å². The van der Waals surface area contributed by atoms with Gasteiger partial charge in [0.25, 0.3) is 0 Å². The number of hydrogen-bond acceptors (Lipinski definition) is 4. The van der Waals surface area contributed by atoms with E-state index in [2.05, 4.69) is 21.3 Å². The molecule has 4 amide bonds. The van der Waals surface area contributed by atoms with E-state index in [1.165, 1.54) is 6.92 Å². The lowest BCUT2D eigenvalue weighted by Crippen LogP contribution is -2.47. The summed E-state index contributed by atoms with van der Waals surface area (Å²) in [5.41, 5.74) is 2.27. The van der Waals surface area contributed by atoms with Crippen LogP contribution in [0.4, 0.5) is 16.2 Å². The van der Waals surface area contributed by atoms with E-state index in [4.69, 9.17) is 0 Å². The Morgan fingerprint density at radius 3 is 2.72 bits per heavy atom. The summed E-state index contributed by atoms with van der Waals surface area (Å²) in [5, 5.41) is 11.9. The summed E-state index contributed by atoms with van der Waals surface area (Å²) in [4.78, 5) is 38.0.